The first kappa shape index (κ1) is 20.0. The van der Waals surface area contributed by atoms with Crippen LogP contribution in [0.2, 0.25) is 0 Å². The SMILES string of the molecule is CC1=NN(c2ccccc2)C(=O)C1C(Br)C1(Br)C(=O)N(c2ccccc2)N=C1C. The molecular weight excluding hydrogens is 500 g/mol. The van der Waals surface area contributed by atoms with Gasteiger partial charge in [-0.05, 0) is 38.1 Å². The molecule has 0 bridgehead atoms. The molecule has 29 heavy (non-hydrogen) atoms. The second-order valence-electron chi connectivity index (χ2n) is 6.96. The Morgan fingerprint density at radius 3 is 1.97 bits per heavy atom. The van der Waals surface area contributed by atoms with Crippen molar-refractivity contribution in [2.75, 3.05) is 10.0 Å². The Morgan fingerprint density at radius 1 is 0.897 bits per heavy atom. The van der Waals surface area contributed by atoms with Crippen LogP contribution in [0.5, 0.6) is 0 Å². The summed E-state index contributed by atoms with van der Waals surface area (Å²) in [7, 11) is 0. The van der Waals surface area contributed by atoms with E-state index in [4.69, 9.17) is 0 Å². The van der Waals surface area contributed by atoms with Gasteiger partial charge in [0.15, 0.2) is 4.32 Å². The van der Waals surface area contributed by atoms with E-state index in [1.54, 1.807) is 13.8 Å². The summed E-state index contributed by atoms with van der Waals surface area (Å²) >= 11 is 7.27. The zero-order valence-electron chi connectivity index (χ0n) is 15.8. The molecule has 3 atom stereocenters. The molecule has 0 spiro atoms. The van der Waals surface area contributed by atoms with Crippen LogP contribution in [0.4, 0.5) is 11.4 Å². The molecule has 2 amide bonds. The first-order valence-corrected chi connectivity index (χ1v) is 10.8. The number of anilines is 2. The van der Waals surface area contributed by atoms with Crippen LogP contribution < -0.4 is 10.0 Å². The van der Waals surface area contributed by atoms with Crippen LogP contribution in [0, 0.1) is 5.92 Å². The number of para-hydroxylation sites is 2. The van der Waals surface area contributed by atoms with Gasteiger partial charge in [0.05, 0.1) is 27.8 Å². The number of carbonyl (C=O) groups is 2. The highest BCUT2D eigenvalue weighted by molar-refractivity contribution is 9.13. The van der Waals surface area contributed by atoms with E-state index in [2.05, 4.69) is 42.1 Å². The number of hydrogen-bond donors (Lipinski definition) is 0. The molecule has 2 heterocycles. The van der Waals surface area contributed by atoms with Crippen LogP contribution >= 0.6 is 31.9 Å². The lowest BCUT2D eigenvalue weighted by molar-refractivity contribution is -0.120. The number of hydrogen-bond acceptors (Lipinski definition) is 4. The van der Waals surface area contributed by atoms with Gasteiger partial charge in [0.2, 0.25) is 0 Å². The fraction of sp³-hybridized carbons (Fsp3) is 0.238. The highest BCUT2D eigenvalue weighted by atomic mass is 79.9. The Hall–Kier alpha value is -2.32. The van der Waals surface area contributed by atoms with Gasteiger partial charge < -0.3 is 0 Å². The number of alkyl halides is 2. The molecule has 0 saturated heterocycles. The first-order valence-electron chi connectivity index (χ1n) is 9.08. The average molecular weight is 518 g/mol. The number of hydrazone groups is 2. The summed E-state index contributed by atoms with van der Waals surface area (Å²) in [6.07, 6.45) is 0. The minimum atomic E-state index is -1.16. The molecule has 0 N–H and O–H groups in total. The number of halogens is 2. The predicted octanol–water partition coefficient (Wildman–Crippen LogP) is 4.35. The van der Waals surface area contributed by atoms with E-state index in [-0.39, 0.29) is 11.8 Å². The van der Waals surface area contributed by atoms with Crippen molar-refractivity contribution >= 4 is 66.5 Å². The summed E-state index contributed by atoms with van der Waals surface area (Å²) in [5.74, 6) is -1.05. The van der Waals surface area contributed by atoms with Gasteiger partial charge in [0, 0.05) is 5.71 Å². The van der Waals surface area contributed by atoms with E-state index in [0.29, 0.717) is 22.8 Å². The third kappa shape index (κ3) is 3.14. The molecule has 4 rings (SSSR count). The summed E-state index contributed by atoms with van der Waals surface area (Å²) < 4.78 is -1.16. The van der Waals surface area contributed by atoms with Gasteiger partial charge in [-0.25, -0.2) is 5.01 Å². The quantitative estimate of drug-likeness (QED) is 0.566. The second-order valence-corrected chi connectivity index (χ2v) is 9.19. The van der Waals surface area contributed by atoms with Crippen molar-refractivity contribution in [3.63, 3.8) is 0 Å². The number of rotatable bonds is 4. The molecule has 0 aliphatic carbocycles. The van der Waals surface area contributed by atoms with Crippen LogP contribution in [0.3, 0.4) is 0 Å². The molecule has 0 saturated carbocycles. The maximum Gasteiger partial charge on any atom is 0.271 e. The summed E-state index contributed by atoms with van der Waals surface area (Å²) in [5, 5.41) is 11.7. The zero-order valence-corrected chi connectivity index (χ0v) is 19.0. The molecule has 2 aromatic rings. The molecule has 6 nitrogen and oxygen atoms in total. The van der Waals surface area contributed by atoms with Crippen molar-refractivity contribution in [1.82, 2.24) is 0 Å². The minimum Gasteiger partial charge on any atom is -0.272 e. The normalized spacial score (nSPS) is 25.3. The lowest BCUT2D eigenvalue weighted by Crippen LogP contribution is -2.53. The summed E-state index contributed by atoms with van der Waals surface area (Å²) in [6, 6.07) is 18.5. The molecule has 0 aromatic heterocycles. The summed E-state index contributed by atoms with van der Waals surface area (Å²) in [5.41, 5.74) is 2.58. The van der Waals surface area contributed by atoms with Crippen LogP contribution in [-0.2, 0) is 9.59 Å². The topological polar surface area (TPSA) is 65.3 Å². The van der Waals surface area contributed by atoms with Crippen molar-refractivity contribution in [1.29, 1.82) is 0 Å². The minimum absolute atomic E-state index is 0.187. The molecule has 0 radical (unpaired) electrons. The van der Waals surface area contributed by atoms with Crippen molar-refractivity contribution in [3.05, 3.63) is 60.7 Å². The van der Waals surface area contributed by atoms with Crippen LogP contribution in [-0.4, -0.2) is 32.4 Å². The highest BCUT2D eigenvalue weighted by Crippen LogP contribution is 2.43. The number of benzene rings is 2. The molecular formula is C21H18Br2N4O2. The van der Waals surface area contributed by atoms with Crippen molar-refractivity contribution in [3.8, 4) is 0 Å². The number of nitrogens with zero attached hydrogens (tertiary/aromatic N) is 4. The monoisotopic (exact) mass is 516 g/mol. The largest absolute Gasteiger partial charge is 0.272 e. The maximum absolute atomic E-state index is 13.4. The standard InChI is InChI=1S/C21H18Br2N4O2/c1-13-17(19(28)26(24-13)15-9-5-3-6-10-15)18(22)21(23)14(2)25-27(20(21)29)16-11-7-4-8-12-16/h3-12,17-18H,1-2H3. The average Bonchev–Trinajstić information content (AvgIpc) is 3.17. The fourth-order valence-corrected chi connectivity index (χ4v) is 5.19. The Balaban J connectivity index is 1.65. The maximum atomic E-state index is 13.4. The first-order chi connectivity index (χ1) is 13.9. The van der Waals surface area contributed by atoms with Crippen LogP contribution in [0.15, 0.2) is 70.9 Å². The third-order valence-electron chi connectivity index (χ3n) is 5.14. The van der Waals surface area contributed by atoms with Crippen LogP contribution in [0.25, 0.3) is 0 Å². The number of carbonyl (C=O) groups excluding carboxylic acids is 2. The fourth-order valence-electron chi connectivity index (χ4n) is 3.54. The highest BCUT2D eigenvalue weighted by Gasteiger charge is 2.58. The molecule has 2 aromatic carbocycles. The molecule has 3 unspecified atom stereocenters. The summed E-state index contributed by atoms with van der Waals surface area (Å²) in [6.45, 7) is 3.59. The van der Waals surface area contributed by atoms with Gasteiger partial charge in [-0.1, -0.05) is 68.3 Å². The summed E-state index contributed by atoms with van der Waals surface area (Å²) in [4.78, 5) is 26.0. The molecule has 0 fully saturated rings. The van der Waals surface area contributed by atoms with Crippen LogP contribution in [0.1, 0.15) is 13.8 Å². The molecule has 8 heteroatoms. The van der Waals surface area contributed by atoms with Gasteiger partial charge in [-0.2, -0.15) is 15.2 Å². The Morgan fingerprint density at radius 2 is 1.41 bits per heavy atom. The van der Waals surface area contributed by atoms with E-state index in [0.717, 1.165) is 0 Å². The van der Waals surface area contributed by atoms with Gasteiger partial charge in [-0.15, -0.1) is 0 Å². The Labute approximate surface area is 185 Å². The van der Waals surface area contributed by atoms with E-state index >= 15 is 0 Å². The van der Waals surface area contributed by atoms with E-state index in [1.165, 1.54) is 10.0 Å². The van der Waals surface area contributed by atoms with E-state index in [9.17, 15) is 9.59 Å². The van der Waals surface area contributed by atoms with E-state index < -0.39 is 15.1 Å². The smallest absolute Gasteiger partial charge is 0.271 e. The third-order valence-corrected chi connectivity index (χ3v) is 8.37. The Kier molecular flexibility index (Phi) is 5.16. The lowest BCUT2D eigenvalue weighted by Gasteiger charge is -2.30. The van der Waals surface area contributed by atoms with Crippen molar-refractivity contribution in [2.45, 2.75) is 23.0 Å². The zero-order chi connectivity index (χ0) is 20.8. The van der Waals surface area contributed by atoms with Gasteiger partial charge in [-0.3, -0.25) is 9.59 Å². The second kappa shape index (κ2) is 7.50. The number of amides is 2. The van der Waals surface area contributed by atoms with E-state index in [1.807, 2.05) is 60.7 Å². The predicted molar refractivity (Wildman–Crippen MR) is 122 cm³/mol. The van der Waals surface area contributed by atoms with Crippen molar-refractivity contribution in [2.24, 2.45) is 16.1 Å². The van der Waals surface area contributed by atoms with Crippen molar-refractivity contribution < 1.29 is 9.59 Å². The molecule has 148 valence electrons. The molecule has 2 aliphatic heterocycles. The molecule has 2 aliphatic rings. The van der Waals surface area contributed by atoms with Gasteiger partial charge in [0.1, 0.15) is 0 Å². The lowest BCUT2D eigenvalue weighted by atomic mass is 9.88. The van der Waals surface area contributed by atoms with Gasteiger partial charge in [0.25, 0.3) is 11.8 Å². The Bertz CT molecular complexity index is 1030. The van der Waals surface area contributed by atoms with Gasteiger partial charge >= 0.3 is 0 Å².